The van der Waals surface area contributed by atoms with Gasteiger partial charge in [-0.15, -0.1) is 0 Å². The number of benzene rings is 4. The summed E-state index contributed by atoms with van der Waals surface area (Å²) in [5.41, 5.74) is 3.17. The minimum atomic E-state index is -0.854. The number of amides is 2. The molecular weight excluding hydrogens is 527 g/mol. The van der Waals surface area contributed by atoms with Gasteiger partial charge in [0, 0.05) is 28.2 Å². The Balaban J connectivity index is 1.66. The Bertz CT molecular complexity index is 1350. The van der Waals surface area contributed by atoms with Crippen molar-refractivity contribution in [1.82, 2.24) is 10.2 Å². The molecule has 0 unspecified atom stereocenters. The molecule has 0 heterocycles. The number of hydrogen-bond acceptors (Lipinski definition) is 2. The molecule has 0 aliphatic carbocycles. The van der Waals surface area contributed by atoms with Crippen molar-refractivity contribution in [2.24, 2.45) is 0 Å². The second-order valence-corrected chi connectivity index (χ2v) is 9.86. The Morgan fingerprint density at radius 1 is 0.730 bits per heavy atom. The van der Waals surface area contributed by atoms with Gasteiger partial charge in [0.25, 0.3) is 0 Å². The molecule has 0 fully saturated rings. The van der Waals surface area contributed by atoms with Crippen molar-refractivity contribution in [3.05, 3.63) is 140 Å². The lowest BCUT2D eigenvalue weighted by atomic mass is 10.0. The number of halogens is 3. The van der Waals surface area contributed by atoms with E-state index in [0.717, 1.165) is 16.7 Å². The number of rotatable bonds is 9. The highest BCUT2D eigenvalue weighted by molar-refractivity contribution is 6.35. The summed E-state index contributed by atoms with van der Waals surface area (Å²) in [7, 11) is 0. The van der Waals surface area contributed by atoms with Crippen LogP contribution in [-0.2, 0) is 29.1 Å². The highest BCUT2D eigenvalue weighted by Crippen LogP contribution is 2.26. The van der Waals surface area contributed by atoms with E-state index in [4.69, 9.17) is 34.8 Å². The third kappa shape index (κ3) is 7.36. The van der Waals surface area contributed by atoms with Crippen molar-refractivity contribution in [3.8, 4) is 0 Å². The van der Waals surface area contributed by atoms with E-state index in [1.165, 1.54) is 0 Å². The third-order valence-corrected chi connectivity index (χ3v) is 6.77. The van der Waals surface area contributed by atoms with Gasteiger partial charge >= 0.3 is 0 Å². The molecule has 1 atom stereocenters. The van der Waals surface area contributed by atoms with Crippen LogP contribution in [0.1, 0.15) is 28.3 Å². The molecule has 188 valence electrons. The van der Waals surface area contributed by atoms with Crippen LogP contribution in [0, 0.1) is 0 Å². The smallest absolute Gasteiger partial charge is 0.247 e. The van der Waals surface area contributed by atoms with Crippen molar-refractivity contribution >= 4 is 46.6 Å². The molecule has 4 aromatic rings. The van der Waals surface area contributed by atoms with Gasteiger partial charge in [-0.3, -0.25) is 9.59 Å². The summed E-state index contributed by atoms with van der Waals surface area (Å²) in [6.45, 7) is 0.463. The zero-order valence-electron chi connectivity index (χ0n) is 19.9. The van der Waals surface area contributed by atoms with Crippen molar-refractivity contribution in [2.45, 2.75) is 25.6 Å². The van der Waals surface area contributed by atoms with Gasteiger partial charge in [-0.2, -0.15) is 0 Å². The molecule has 1 N–H and O–H groups in total. The molecular formula is C30H25Cl3N2O2. The van der Waals surface area contributed by atoms with Gasteiger partial charge in [0.1, 0.15) is 6.04 Å². The maximum atomic E-state index is 13.8. The second kappa shape index (κ2) is 12.8. The predicted molar refractivity (Wildman–Crippen MR) is 150 cm³/mol. The largest absolute Gasteiger partial charge is 0.350 e. The zero-order valence-corrected chi connectivity index (χ0v) is 22.2. The SMILES string of the molecule is O=C(NCc1ccc(Cl)cc1Cl)[C@H](c1ccccc1)N(Cc1ccccc1)C(=O)Cc1ccc(Cl)cc1. The summed E-state index contributed by atoms with van der Waals surface area (Å²) in [5.74, 6) is -0.489. The van der Waals surface area contributed by atoms with Crippen LogP contribution in [0.5, 0.6) is 0 Å². The van der Waals surface area contributed by atoms with Crippen molar-refractivity contribution in [3.63, 3.8) is 0 Å². The van der Waals surface area contributed by atoms with E-state index in [1.54, 1.807) is 35.2 Å². The fourth-order valence-electron chi connectivity index (χ4n) is 4.03. The Hall–Kier alpha value is -3.31. The van der Waals surface area contributed by atoms with E-state index >= 15 is 0 Å². The summed E-state index contributed by atoms with van der Waals surface area (Å²) in [6, 6.07) is 30.4. The molecule has 4 aromatic carbocycles. The maximum Gasteiger partial charge on any atom is 0.247 e. The molecule has 7 heteroatoms. The summed E-state index contributed by atoms with van der Waals surface area (Å²) in [4.78, 5) is 29.1. The first-order chi connectivity index (χ1) is 17.9. The second-order valence-electron chi connectivity index (χ2n) is 8.58. The van der Waals surface area contributed by atoms with Gasteiger partial charge in [0.05, 0.1) is 6.42 Å². The lowest BCUT2D eigenvalue weighted by Gasteiger charge is -2.32. The van der Waals surface area contributed by atoms with E-state index in [0.29, 0.717) is 20.6 Å². The molecule has 0 saturated heterocycles. The standard InChI is InChI=1S/C30H25Cl3N2O2/c31-25-14-11-21(12-15-25)17-28(36)35(20-22-7-3-1-4-8-22)29(23-9-5-2-6-10-23)30(37)34-19-24-13-16-26(32)18-27(24)33/h1-16,18,29H,17,19-20H2,(H,34,37)/t29-/m0/s1. The van der Waals surface area contributed by atoms with Crippen molar-refractivity contribution < 1.29 is 9.59 Å². The average Bonchev–Trinajstić information content (AvgIpc) is 2.90. The quantitative estimate of drug-likeness (QED) is 0.238. The number of nitrogens with zero attached hydrogens (tertiary/aromatic N) is 1. The fourth-order valence-corrected chi connectivity index (χ4v) is 4.64. The lowest BCUT2D eigenvalue weighted by molar-refractivity contribution is -0.141. The number of carbonyl (C=O) groups excluding carboxylic acids is 2. The minimum absolute atomic E-state index is 0.129. The first-order valence-corrected chi connectivity index (χ1v) is 12.9. The Kier molecular flexibility index (Phi) is 9.24. The third-order valence-electron chi connectivity index (χ3n) is 5.93. The zero-order chi connectivity index (χ0) is 26.2. The molecule has 0 saturated carbocycles. The molecule has 2 amide bonds. The average molecular weight is 552 g/mol. The van der Waals surface area contributed by atoms with Crippen LogP contribution < -0.4 is 5.32 Å². The maximum absolute atomic E-state index is 13.8. The van der Waals surface area contributed by atoms with Crippen LogP contribution in [0.2, 0.25) is 15.1 Å². The molecule has 37 heavy (non-hydrogen) atoms. The Morgan fingerprint density at radius 2 is 1.35 bits per heavy atom. The van der Waals surface area contributed by atoms with Crippen LogP contribution in [0.4, 0.5) is 0 Å². The summed E-state index contributed by atoms with van der Waals surface area (Å²) in [6.07, 6.45) is 0.129. The predicted octanol–water partition coefficient (Wildman–Crippen LogP) is 7.28. The molecule has 4 rings (SSSR count). The molecule has 0 spiro atoms. The van der Waals surface area contributed by atoms with Gasteiger partial charge in [-0.25, -0.2) is 0 Å². The molecule has 0 bridgehead atoms. The number of hydrogen-bond donors (Lipinski definition) is 1. The normalized spacial score (nSPS) is 11.5. The van der Waals surface area contributed by atoms with E-state index in [2.05, 4.69) is 5.32 Å². The number of nitrogens with one attached hydrogen (secondary N) is 1. The Morgan fingerprint density at radius 3 is 2.00 bits per heavy atom. The topological polar surface area (TPSA) is 49.4 Å². The summed E-state index contributed by atoms with van der Waals surface area (Å²) >= 11 is 18.4. The van der Waals surface area contributed by atoms with Gasteiger partial charge in [0.2, 0.25) is 11.8 Å². The fraction of sp³-hybridized carbons (Fsp3) is 0.133. The van der Waals surface area contributed by atoms with Gasteiger partial charge < -0.3 is 10.2 Å². The van der Waals surface area contributed by atoms with E-state index in [-0.39, 0.29) is 31.3 Å². The van der Waals surface area contributed by atoms with Gasteiger partial charge in [-0.1, -0.05) is 114 Å². The number of carbonyl (C=O) groups is 2. The first kappa shape index (κ1) is 26.7. The van der Waals surface area contributed by atoms with Gasteiger partial charge in [-0.05, 0) is 46.5 Å². The minimum Gasteiger partial charge on any atom is -0.350 e. The van der Waals surface area contributed by atoms with Crippen molar-refractivity contribution in [1.29, 1.82) is 0 Å². The molecule has 0 aliphatic heterocycles. The Labute approximate surface area is 231 Å². The highest BCUT2D eigenvalue weighted by Gasteiger charge is 2.31. The summed E-state index contributed by atoms with van der Waals surface area (Å²) < 4.78 is 0. The van der Waals surface area contributed by atoms with E-state index in [1.807, 2.05) is 72.8 Å². The lowest BCUT2D eigenvalue weighted by Crippen LogP contribution is -2.43. The van der Waals surface area contributed by atoms with Crippen LogP contribution in [-0.4, -0.2) is 16.7 Å². The van der Waals surface area contributed by atoms with E-state index < -0.39 is 6.04 Å². The van der Waals surface area contributed by atoms with Crippen LogP contribution in [0.3, 0.4) is 0 Å². The van der Waals surface area contributed by atoms with Gasteiger partial charge in [0.15, 0.2) is 0 Å². The monoisotopic (exact) mass is 550 g/mol. The molecule has 0 aliphatic rings. The molecule has 0 aromatic heterocycles. The van der Waals surface area contributed by atoms with E-state index in [9.17, 15) is 9.59 Å². The van der Waals surface area contributed by atoms with Crippen LogP contribution >= 0.6 is 34.8 Å². The van der Waals surface area contributed by atoms with Crippen LogP contribution in [0.15, 0.2) is 103 Å². The molecule has 0 radical (unpaired) electrons. The summed E-state index contributed by atoms with van der Waals surface area (Å²) in [5, 5.41) is 4.55. The first-order valence-electron chi connectivity index (χ1n) is 11.7. The van der Waals surface area contributed by atoms with Crippen LogP contribution in [0.25, 0.3) is 0 Å². The highest BCUT2D eigenvalue weighted by atomic mass is 35.5. The molecule has 4 nitrogen and oxygen atoms in total. The van der Waals surface area contributed by atoms with Crippen molar-refractivity contribution in [2.75, 3.05) is 0 Å².